The van der Waals surface area contributed by atoms with Crippen LogP contribution < -0.4 is 5.73 Å². The van der Waals surface area contributed by atoms with E-state index in [9.17, 15) is 0 Å². The maximum atomic E-state index is 5.05. The number of ether oxygens (including phenoxy) is 1. The number of nitrogens with two attached hydrogens (primary N) is 1. The highest BCUT2D eigenvalue weighted by Gasteiger charge is 1.57. The summed E-state index contributed by atoms with van der Waals surface area (Å²) in [5.74, 6) is 0. The molecule has 0 aliphatic carbocycles. The van der Waals surface area contributed by atoms with Gasteiger partial charge in [0.25, 0.3) is 0 Å². The first-order valence-corrected chi connectivity index (χ1v) is 1.79. The molecule has 2 heteroatoms. The molecule has 0 bridgehead atoms. The van der Waals surface area contributed by atoms with Gasteiger partial charge in [0.05, 0.1) is 13.4 Å². The average molecular weight is 87.1 g/mol. The van der Waals surface area contributed by atoms with Crippen molar-refractivity contribution in [2.45, 2.75) is 0 Å². The second kappa shape index (κ2) is 4.50. The van der Waals surface area contributed by atoms with Crippen LogP contribution in [-0.2, 0) is 4.74 Å². The van der Waals surface area contributed by atoms with E-state index < -0.39 is 0 Å². The maximum absolute atomic E-state index is 5.05. The summed E-state index contributed by atoms with van der Waals surface area (Å²) in [5.41, 5.74) is 5.05. The molecule has 6 heavy (non-hydrogen) atoms. The number of rotatable bonds is 2. The molecule has 0 aromatic carbocycles. The number of hydrogen-bond acceptors (Lipinski definition) is 2. The molecule has 0 atom stereocenters. The van der Waals surface area contributed by atoms with Crippen LogP contribution in [0.15, 0.2) is 12.3 Å². The van der Waals surface area contributed by atoms with Gasteiger partial charge in [-0.25, -0.2) is 0 Å². The number of methoxy groups -OCH3 is 1. The van der Waals surface area contributed by atoms with Crippen molar-refractivity contribution >= 4 is 0 Å². The Hall–Kier alpha value is -0.500. The monoisotopic (exact) mass is 87.1 g/mol. The minimum Gasteiger partial charge on any atom is -0.505 e. The van der Waals surface area contributed by atoms with Gasteiger partial charge in [0.1, 0.15) is 0 Å². The molecular weight excluding hydrogens is 78.0 g/mol. The third-order valence-electron chi connectivity index (χ3n) is 0.368. The van der Waals surface area contributed by atoms with Crippen molar-refractivity contribution in [3.63, 3.8) is 0 Å². The molecule has 0 saturated carbocycles. The SMILES string of the molecule is COC=CCN. The van der Waals surface area contributed by atoms with Crippen LogP contribution in [0.5, 0.6) is 0 Å². The molecule has 2 N–H and O–H groups in total. The normalized spacial score (nSPS) is 9.67. The highest BCUT2D eigenvalue weighted by Crippen LogP contribution is 1.64. The lowest BCUT2D eigenvalue weighted by Crippen LogP contribution is -1.91. The van der Waals surface area contributed by atoms with Gasteiger partial charge in [0, 0.05) is 6.54 Å². The lowest BCUT2D eigenvalue weighted by Gasteiger charge is -1.80. The van der Waals surface area contributed by atoms with E-state index in [2.05, 4.69) is 4.74 Å². The fraction of sp³-hybridized carbons (Fsp3) is 0.500. The van der Waals surface area contributed by atoms with E-state index >= 15 is 0 Å². The van der Waals surface area contributed by atoms with E-state index in [0.29, 0.717) is 6.54 Å². The molecule has 0 fully saturated rings. The fourth-order valence-electron chi connectivity index (χ4n) is 0.152. The van der Waals surface area contributed by atoms with Gasteiger partial charge in [-0.2, -0.15) is 0 Å². The second-order valence-corrected chi connectivity index (χ2v) is 0.843. The van der Waals surface area contributed by atoms with Crippen LogP contribution in [0.25, 0.3) is 0 Å². The summed E-state index contributed by atoms with van der Waals surface area (Å²) < 4.78 is 4.52. The number of hydrogen-bond donors (Lipinski definition) is 1. The van der Waals surface area contributed by atoms with E-state index in [1.54, 1.807) is 19.4 Å². The van der Waals surface area contributed by atoms with Crippen molar-refractivity contribution in [1.29, 1.82) is 0 Å². The van der Waals surface area contributed by atoms with Gasteiger partial charge >= 0.3 is 0 Å². The van der Waals surface area contributed by atoms with Crippen LogP contribution in [0, 0.1) is 0 Å². The van der Waals surface area contributed by atoms with E-state index in [0.717, 1.165) is 0 Å². The Balaban J connectivity index is 2.73. The molecule has 0 unspecified atom stereocenters. The van der Waals surface area contributed by atoms with Crippen molar-refractivity contribution < 1.29 is 4.74 Å². The van der Waals surface area contributed by atoms with Gasteiger partial charge in [-0.3, -0.25) is 0 Å². The Labute approximate surface area is 37.6 Å². The molecule has 0 saturated heterocycles. The molecule has 0 radical (unpaired) electrons. The van der Waals surface area contributed by atoms with Crippen molar-refractivity contribution in [2.75, 3.05) is 13.7 Å². The first kappa shape index (κ1) is 5.50. The minimum atomic E-state index is 0.549. The molecule has 0 spiro atoms. The first-order valence-electron chi connectivity index (χ1n) is 1.79. The van der Waals surface area contributed by atoms with E-state index in [-0.39, 0.29) is 0 Å². The minimum absolute atomic E-state index is 0.549. The lowest BCUT2D eigenvalue weighted by atomic mass is 10.6. The zero-order chi connectivity index (χ0) is 4.83. The van der Waals surface area contributed by atoms with Crippen molar-refractivity contribution in [3.05, 3.63) is 12.3 Å². The first-order chi connectivity index (χ1) is 2.91. The summed E-state index contributed by atoms with van der Waals surface area (Å²) in [6.45, 7) is 0.549. The predicted molar refractivity (Wildman–Crippen MR) is 25.2 cm³/mol. The second-order valence-electron chi connectivity index (χ2n) is 0.843. The summed E-state index contributed by atoms with van der Waals surface area (Å²) in [6, 6.07) is 0. The fourth-order valence-corrected chi connectivity index (χ4v) is 0.152. The summed E-state index contributed by atoms with van der Waals surface area (Å²) in [4.78, 5) is 0. The molecule has 0 heterocycles. The van der Waals surface area contributed by atoms with E-state index in [1.807, 2.05) is 0 Å². The Morgan fingerprint density at radius 2 is 2.50 bits per heavy atom. The van der Waals surface area contributed by atoms with Crippen LogP contribution in [-0.4, -0.2) is 13.7 Å². The smallest absolute Gasteiger partial charge is 0.0797 e. The molecule has 0 aromatic rings. The largest absolute Gasteiger partial charge is 0.505 e. The van der Waals surface area contributed by atoms with Crippen LogP contribution in [0.3, 0.4) is 0 Å². The maximum Gasteiger partial charge on any atom is 0.0797 e. The molecule has 0 aromatic heterocycles. The Kier molecular flexibility index (Phi) is 4.12. The third-order valence-corrected chi connectivity index (χ3v) is 0.368. The molecule has 0 aliphatic heterocycles. The standard InChI is InChI=1S/C4H9NO/c1-6-4-2-3-5/h2,4H,3,5H2,1H3. The Morgan fingerprint density at radius 3 is 2.67 bits per heavy atom. The van der Waals surface area contributed by atoms with Gasteiger partial charge in [-0.1, -0.05) is 0 Å². The van der Waals surface area contributed by atoms with E-state index in [1.165, 1.54) is 0 Å². The van der Waals surface area contributed by atoms with Gasteiger partial charge < -0.3 is 10.5 Å². The summed E-state index contributed by atoms with van der Waals surface area (Å²) >= 11 is 0. The Bertz CT molecular complexity index is 36.8. The van der Waals surface area contributed by atoms with Crippen molar-refractivity contribution in [2.24, 2.45) is 5.73 Å². The van der Waals surface area contributed by atoms with Crippen molar-refractivity contribution in [1.82, 2.24) is 0 Å². The molecule has 0 amide bonds. The molecule has 2 nitrogen and oxygen atoms in total. The van der Waals surface area contributed by atoms with Crippen LogP contribution in [0.1, 0.15) is 0 Å². The lowest BCUT2D eigenvalue weighted by molar-refractivity contribution is 0.337. The highest BCUT2D eigenvalue weighted by molar-refractivity contribution is 4.72. The topological polar surface area (TPSA) is 35.2 Å². The van der Waals surface area contributed by atoms with Gasteiger partial charge in [-0.15, -0.1) is 0 Å². The summed E-state index contributed by atoms with van der Waals surface area (Å²) in [5, 5.41) is 0. The van der Waals surface area contributed by atoms with Crippen LogP contribution in [0.2, 0.25) is 0 Å². The molecule has 36 valence electrons. The molecule has 0 rings (SSSR count). The summed E-state index contributed by atoms with van der Waals surface area (Å²) in [7, 11) is 1.59. The zero-order valence-electron chi connectivity index (χ0n) is 3.85. The quantitative estimate of drug-likeness (QED) is 0.485. The van der Waals surface area contributed by atoms with Crippen LogP contribution in [0.4, 0.5) is 0 Å². The molecule has 0 aliphatic rings. The van der Waals surface area contributed by atoms with Gasteiger partial charge in [0.15, 0.2) is 0 Å². The Morgan fingerprint density at radius 1 is 1.83 bits per heavy atom. The summed E-state index contributed by atoms with van der Waals surface area (Å²) in [6.07, 6.45) is 3.29. The van der Waals surface area contributed by atoms with E-state index in [4.69, 9.17) is 5.73 Å². The zero-order valence-corrected chi connectivity index (χ0v) is 3.85. The highest BCUT2D eigenvalue weighted by atomic mass is 16.5. The predicted octanol–water partition coefficient (Wildman–Crippen LogP) is 0.105. The van der Waals surface area contributed by atoms with Gasteiger partial charge in [-0.05, 0) is 6.08 Å². The van der Waals surface area contributed by atoms with Crippen molar-refractivity contribution in [3.8, 4) is 0 Å². The van der Waals surface area contributed by atoms with Crippen LogP contribution >= 0.6 is 0 Å². The molecular formula is C4H9NO. The third kappa shape index (κ3) is 3.50. The average Bonchev–Trinajstić information content (AvgIpc) is 1.61. The van der Waals surface area contributed by atoms with Gasteiger partial charge in [0.2, 0.25) is 0 Å².